The number of rotatable bonds is 4. The number of benzene rings is 2. The molecule has 3 aromatic rings. The number of hydrogen-bond donors (Lipinski definition) is 0. The molecule has 0 unspecified atom stereocenters. The van der Waals surface area contributed by atoms with E-state index in [1.54, 1.807) is 7.11 Å². The molecule has 3 rings (SSSR count). The summed E-state index contributed by atoms with van der Waals surface area (Å²) in [6.45, 7) is 6.35. The number of para-hydroxylation sites is 1. The second-order valence-electron chi connectivity index (χ2n) is 6.21. The highest BCUT2D eigenvalue weighted by molar-refractivity contribution is 6.37. The van der Waals surface area contributed by atoms with Crippen LogP contribution in [0, 0.1) is 20.8 Å². The van der Waals surface area contributed by atoms with Crippen molar-refractivity contribution in [3.63, 3.8) is 0 Å². The van der Waals surface area contributed by atoms with Crippen LogP contribution in [0.4, 0.5) is 0 Å². The summed E-state index contributed by atoms with van der Waals surface area (Å²) in [4.78, 5) is 4.67. The molecule has 0 saturated heterocycles. The third kappa shape index (κ3) is 3.30. The van der Waals surface area contributed by atoms with Crippen molar-refractivity contribution >= 4 is 15.4 Å². The lowest BCUT2D eigenvalue weighted by Gasteiger charge is -2.19. The van der Waals surface area contributed by atoms with Gasteiger partial charge in [0.25, 0.3) is 0 Å². The molecule has 2 aromatic carbocycles. The molecule has 0 bridgehead atoms. The van der Waals surface area contributed by atoms with Crippen molar-refractivity contribution in [3.8, 4) is 28.6 Å². The first-order valence-corrected chi connectivity index (χ1v) is 9.37. The van der Waals surface area contributed by atoms with Gasteiger partial charge in [-0.15, -0.1) is 0 Å². The number of aryl methyl sites for hydroxylation is 1. The molecule has 0 atom stereocenters. The summed E-state index contributed by atoms with van der Waals surface area (Å²) < 4.78 is 11.6. The number of nitrogens with zero attached hydrogens (tertiary/aromatic N) is 1. The molecule has 4 heteroatoms. The van der Waals surface area contributed by atoms with E-state index in [1.807, 2.05) is 30.3 Å². The summed E-state index contributed by atoms with van der Waals surface area (Å²) in [5.41, 5.74) is 5.88. The molecule has 0 radical (unpaired) electrons. The van der Waals surface area contributed by atoms with Crippen molar-refractivity contribution in [1.29, 1.82) is 0 Å². The Morgan fingerprint density at radius 2 is 1.56 bits per heavy atom. The predicted octanol–water partition coefficient (Wildman–Crippen LogP) is 3.47. The van der Waals surface area contributed by atoms with Gasteiger partial charge in [0, 0.05) is 21.4 Å². The van der Waals surface area contributed by atoms with E-state index in [0.717, 1.165) is 27.1 Å². The van der Waals surface area contributed by atoms with E-state index in [-0.39, 0.29) is 0 Å². The van der Waals surface area contributed by atoms with Gasteiger partial charge >= 0.3 is 0 Å². The van der Waals surface area contributed by atoms with E-state index in [0.29, 0.717) is 11.8 Å². The summed E-state index contributed by atoms with van der Waals surface area (Å²) in [6, 6.07) is 16.1. The minimum absolute atomic E-state index is 0.613. The zero-order chi connectivity index (χ0) is 18.0. The van der Waals surface area contributed by atoms with Crippen molar-refractivity contribution < 1.29 is 9.47 Å². The van der Waals surface area contributed by atoms with Crippen LogP contribution in [0.5, 0.6) is 17.5 Å². The Bertz CT molecular complexity index is 908. The van der Waals surface area contributed by atoms with Crippen molar-refractivity contribution in [2.24, 2.45) is 0 Å². The van der Waals surface area contributed by atoms with E-state index in [2.05, 4.69) is 44.0 Å². The molecule has 1 aromatic heterocycles. The largest absolute Gasteiger partial charge is 0.480 e. The zero-order valence-electron chi connectivity index (χ0n) is 15.4. The molecule has 0 N–H and O–H groups in total. The molecule has 0 aliphatic heterocycles. The summed E-state index contributed by atoms with van der Waals surface area (Å²) in [5.74, 6) is 2.01. The lowest BCUT2D eigenvalue weighted by molar-refractivity contribution is 0.384. The lowest BCUT2D eigenvalue weighted by Crippen LogP contribution is -2.16. The fourth-order valence-corrected chi connectivity index (χ4v) is 3.62. The van der Waals surface area contributed by atoms with Gasteiger partial charge in [0.2, 0.25) is 11.8 Å². The van der Waals surface area contributed by atoms with Crippen molar-refractivity contribution in [1.82, 2.24) is 4.98 Å². The van der Waals surface area contributed by atoms with Crippen molar-refractivity contribution in [2.75, 3.05) is 7.11 Å². The Balaban J connectivity index is 2.15. The van der Waals surface area contributed by atoms with E-state index in [9.17, 15) is 0 Å². The number of ether oxygens (including phenoxy) is 2. The highest BCUT2D eigenvalue weighted by atomic mass is 28.1. The molecule has 0 spiro atoms. The highest BCUT2D eigenvalue weighted by Gasteiger charge is 2.19. The van der Waals surface area contributed by atoms with Gasteiger partial charge in [-0.2, -0.15) is 4.98 Å². The first-order valence-electron chi connectivity index (χ1n) is 8.37. The van der Waals surface area contributed by atoms with Gasteiger partial charge in [0.1, 0.15) is 5.75 Å². The normalized spacial score (nSPS) is 10.7. The van der Waals surface area contributed by atoms with E-state index in [4.69, 9.17) is 9.47 Å². The fourth-order valence-electron chi connectivity index (χ4n) is 2.93. The Morgan fingerprint density at radius 1 is 0.840 bits per heavy atom. The molecule has 1 heterocycles. The second kappa shape index (κ2) is 7.11. The summed E-state index contributed by atoms with van der Waals surface area (Å²) in [7, 11) is 2.54. The topological polar surface area (TPSA) is 31.4 Å². The summed E-state index contributed by atoms with van der Waals surface area (Å²) in [5, 5.41) is 1.26. The van der Waals surface area contributed by atoms with E-state index in [1.165, 1.54) is 21.9 Å². The maximum atomic E-state index is 6.01. The standard InChI is InChI=1S/C21H23NO2Si/c1-13-9-8-12-17(14(13)2)18-19(25)15(3)20(22-21(18)23-4)24-16-10-6-5-7-11-16/h5-12H,1-4,25H3. The van der Waals surface area contributed by atoms with Crippen LogP contribution in [0.2, 0.25) is 0 Å². The minimum atomic E-state index is 0.613. The molecule has 0 saturated carbocycles. The Morgan fingerprint density at radius 3 is 2.24 bits per heavy atom. The van der Waals surface area contributed by atoms with Gasteiger partial charge in [-0.25, -0.2) is 0 Å². The molecular formula is C21H23NO2Si. The number of aromatic nitrogens is 1. The fraction of sp³-hybridized carbons (Fsp3) is 0.190. The molecule has 128 valence electrons. The van der Waals surface area contributed by atoms with Crippen molar-refractivity contribution in [3.05, 3.63) is 65.2 Å². The quantitative estimate of drug-likeness (QED) is 0.676. The smallest absolute Gasteiger partial charge is 0.225 e. The van der Waals surface area contributed by atoms with Crippen LogP contribution < -0.4 is 14.7 Å². The summed E-state index contributed by atoms with van der Waals surface area (Å²) >= 11 is 0. The molecular weight excluding hydrogens is 326 g/mol. The van der Waals surface area contributed by atoms with Crippen molar-refractivity contribution in [2.45, 2.75) is 20.8 Å². The van der Waals surface area contributed by atoms with Crippen LogP contribution in [0.3, 0.4) is 0 Å². The Kier molecular flexibility index (Phi) is 4.90. The highest BCUT2D eigenvalue weighted by Crippen LogP contribution is 2.34. The third-order valence-electron chi connectivity index (χ3n) is 4.70. The lowest BCUT2D eigenvalue weighted by atomic mass is 9.97. The van der Waals surface area contributed by atoms with Crippen LogP contribution in [0.1, 0.15) is 16.7 Å². The maximum absolute atomic E-state index is 6.01. The van der Waals surface area contributed by atoms with Crippen LogP contribution in [-0.2, 0) is 0 Å². The SMILES string of the molecule is COc1nc(Oc2ccccc2)c(C)c([SiH3])c1-c1cccc(C)c1C. The van der Waals surface area contributed by atoms with Gasteiger partial charge in [-0.3, -0.25) is 0 Å². The number of methoxy groups -OCH3 is 1. The number of pyridine rings is 1. The minimum Gasteiger partial charge on any atom is -0.480 e. The van der Waals surface area contributed by atoms with Gasteiger partial charge in [-0.1, -0.05) is 36.4 Å². The third-order valence-corrected chi connectivity index (χ3v) is 5.95. The average molecular weight is 350 g/mol. The predicted molar refractivity (Wildman–Crippen MR) is 107 cm³/mol. The Hall–Kier alpha value is -2.59. The van der Waals surface area contributed by atoms with Gasteiger partial charge in [-0.05, 0) is 54.8 Å². The van der Waals surface area contributed by atoms with Crippen LogP contribution in [-0.4, -0.2) is 22.3 Å². The zero-order valence-corrected chi connectivity index (χ0v) is 17.4. The van der Waals surface area contributed by atoms with E-state index >= 15 is 0 Å². The first kappa shape index (κ1) is 17.2. The Labute approximate surface area is 152 Å². The van der Waals surface area contributed by atoms with Gasteiger partial charge < -0.3 is 9.47 Å². The van der Waals surface area contributed by atoms with E-state index < -0.39 is 0 Å². The molecule has 0 amide bonds. The monoisotopic (exact) mass is 349 g/mol. The second-order valence-corrected chi connectivity index (χ2v) is 7.21. The average Bonchev–Trinajstić information content (AvgIpc) is 2.62. The molecule has 25 heavy (non-hydrogen) atoms. The van der Waals surface area contributed by atoms with Gasteiger partial charge in [0.15, 0.2) is 0 Å². The summed E-state index contributed by atoms with van der Waals surface area (Å²) in [6.07, 6.45) is 0. The van der Waals surface area contributed by atoms with Crippen LogP contribution in [0.25, 0.3) is 11.1 Å². The van der Waals surface area contributed by atoms with Crippen LogP contribution >= 0.6 is 0 Å². The molecule has 3 nitrogen and oxygen atoms in total. The first-order chi connectivity index (χ1) is 12.0. The number of hydrogen-bond acceptors (Lipinski definition) is 3. The maximum Gasteiger partial charge on any atom is 0.225 e. The molecule has 0 aliphatic rings. The molecule has 0 aliphatic carbocycles. The molecule has 0 fully saturated rings. The van der Waals surface area contributed by atoms with Crippen LogP contribution in [0.15, 0.2) is 48.5 Å². The van der Waals surface area contributed by atoms with Gasteiger partial charge in [0.05, 0.1) is 7.11 Å².